The quantitative estimate of drug-likeness (QED) is 0.829. The number of hydrogen-bond acceptors (Lipinski definition) is 3. The van der Waals surface area contributed by atoms with E-state index in [4.69, 9.17) is 0 Å². The Morgan fingerprint density at radius 1 is 1.05 bits per heavy atom. The largest absolute Gasteiger partial charge is 0.309 e. The first kappa shape index (κ1) is 14.9. The molecule has 0 saturated heterocycles. The van der Waals surface area contributed by atoms with Gasteiger partial charge < -0.3 is 5.32 Å². The number of hydrogen-bond donors (Lipinski definition) is 1. The number of nitrogens with one attached hydrogen (secondary N) is 1. The predicted octanol–water partition coefficient (Wildman–Crippen LogP) is 3.93. The standard InChI is InChI=1S/C17H25N3/c1-13(2)7-6-8-14(3)18-11-15-12-19-16-9-4-5-10-17(16)20-15/h4-5,9-10,12-14,18H,6-8,11H2,1-3H3. The van der Waals surface area contributed by atoms with Crippen molar-refractivity contribution in [3.63, 3.8) is 0 Å². The highest BCUT2D eigenvalue weighted by atomic mass is 14.9. The van der Waals surface area contributed by atoms with Crippen LogP contribution >= 0.6 is 0 Å². The van der Waals surface area contributed by atoms with Crippen molar-refractivity contribution >= 4 is 11.0 Å². The van der Waals surface area contributed by atoms with Crippen molar-refractivity contribution < 1.29 is 0 Å². The summed E-state index contributed by atoms with van der Waals surface area (Å²) in [7, 11) is 0. The second kappa shape index (κ2) is 7.34. The molecule has 0 aliphatic carbocycles. The van der Waals surface area contributed by atoms with Gasteiger partial charge in [0.2, 0.25) is 0 Å². The Labute approximate surface area is 121 Å². The minimum atomic E-state index is 0.530. The summed E-state index contributed by atoms with van der Waals surface area (Å²) in [4.78, 5) is 9.07. The normalized spacial score (nSPS) is 13.0. The molecule has 1 N–H and O–H groups in total. The molecule has 0 spiro atoms. The first-order chi connectivity index (χ1) is 9.65. The number of benzene rings is 1. The summed E-state index contributed by atoms with van der Waals surface area (Å²) >= 11 is 0. The highest BCUT2D eigenvalue weighted by Crippen LogP contribution is 2.10. The van der Waals surface area contributed by atoms with Crippen LogP contribution in [-0.2, 0) is 6.54 Å². The van der Waals surface area contributed by atoms with Gasteiger partial charge in [0.15, 0.2) is 0 Å². The van der Waals surface area contributed by atoms with E-state index >= 15 is 0 Å². The van der Waals surface area contributed by atoms with E-state index in [-0.39, 0.29) is 0 Å². The Morgan fingerprint density at radius 2 is 1.80 bits per heavy atom. The predicted molar refractivity (Wildman–Crippen MR) is 84.5 cm³/mol. The fourth-order valence-electron chi connectivity index (χ4n) is 2.29. The number of para-hydroxylation sites is 2. The summed E-state index contributed by atoms with van der Waals surface area (Å²) in [6.07, 6.45) is 5.69. The lowest BCUT2D eigenvalue weighted by molar-refractivity contribution is 0.455. The van der Waals surface area contributed by atoms with Gasteiger partial charge in [0.25, 0.3) is 0 Å². The molecule has 0 aliphatic rings. The molecular weight excluding hydrogens is 246 g/mol. The van der Waals surface area contributed by atoms with Gasteiger partial charge in [-0.3, -0.25) is 4.98 Å². The van der Waals surface area contributed by atoms with Crippen LogP contribution in [0.3, 0.4) is 0 Å². The van der Waals surface area contributed by atoms with Crippen LogP contribution in [0.15, 0.2) is 30.5 Å². The minimum absolute atomic E-state index is 0.530. The van der Waals surface area contributed by atoms with Gasteiger partial charge in [-0.2, -0.15) is 0 Å². The van der Waals surface area contributed by atoms with E-state index in [9.17, 15) is 0 Å². The lowest BCUT2D eigenvalue weighted by Crippen LogP contribution is -2.26. The lowest BCUT2D eigenvalue weighted by atomic mass is 10.0. The molecule has 3 nitrogen and oxygen atoms in total. The van der Waals surface area contributed by atoms with Crippen molar-refractivity contribution in [3.05, 3.63) is 36.2 Å². The van der Waals surface area contributed by atoms with Crippen LogP contribution in [0.25, 0.3) is 11.0 Å². The minimum Gasteiger partial charge on any atom is -0.309 e. The van der Waals surface area contributed by atoms with Crippen LogP contribution in [0.4, 0.5) is 0 Å². The van der Waals surface area contributed by atoms with Gasteiger partial charge in [0.05, 0.1) is 22.9 Å². The van der Waals surface area contributed by atoms with Crippen molar-refractivity contribution in [3.8, 4) is 0 Å². The van der Waals surface area contributed by atoms with Crippen LogP contribution in [-0.4, -0.2) is 16.0 Å². The summed E-state index contributed by atoms with van der Waals surface area (Å²) < 4.78 is 0. The van der Waals surface area contributed by atoms with Crippen LogP contribution in [0.2, 0.25) is 0 Å². The Hall–Kier alpha value is -1.48. The molecule has 1 aromatic carbocycles. The van der Waals surface area contributed by atoms with E-state index in [1.807, 2.05) is 30.5 Å². The van der Waals surface area contributed by atoms with E-state index in [1.54, 1.807) is 0 Å². The maximum absolute atomic E-state index is 4.63. The highest BCUT2D eigenvalue weighted by Gasteiger charge is 2.04. The Kier molecular flexibility index (Phi) is 5.48. The molecular formula is C17H25N3. The van der Waals surface area contributed by atoms with Crippen LogP contribution in [0.1, 0.15) is 45.7 Å². The molecule has 2 rings (SSSR count). The Morgan fingerprint density at radius 3 is 2.55 bits per heavy atom. The average molecular weight is 271 g/mol. The highest BCUT2D eigenvalue weighted by molar-refractivity contribution is 5.73. The first-order valence-electron chi connectivity index (χ1n) is 7.59. The number of nitrogens with zero attached hydrogens (tertiary/aromatic N) is 2. The van der Waals surface area contributed by atoms with Crippen LogP contribution in [0.5, 0.6) is 0 Å². The zero-order chi connectivity index (χ0) is 14.4. The average Bonchev–Trinajstić information content (AvgIpc) is 2.44. The SMILES string of the molecule is CC(C)CCCC(C)NCc1cnc2ccccc2n1. The fourth-order valence-corrected chi connectivity index (χ4v) is 2.29. The van der Waals surface area contributed by atoms with Gasteiger partial charge >= 0.3 is 0 Å². The third kappa shape index (κ3) is 4.57. The summed E-state index contributed by atoms with van der Waals surface area (Å²) in [5.41, 5.74) is 2.94. The topological polar surface area (TPSA) is 37.8 Å². The zero-order valence-electron chi connectivity index (χ0n) is 12.8. The summed E-state index contributed by atoms with van der Waals surface area (Å²) in [5, 5.41) is 3.53. The van der Waals surface area contributed by atoms with Crippen molar-refractivity contribution in [2.45, 2.75) is 52.6 Å². The maximum Gasteiger partial charge on any atom is 0.0890 e. The summed E-state index contributed by atoms with van der Waals surface area (Å²) in [6.45, 7) is 7.60. The Bertz CT molecular complexity index is 537. The van der Waals surface area contributed by atoms with Gasteiger partial charge in [-0.1, -0.05) is 38.8 Å². The van der Waals surface area contributed by atoms with Crippen LogP contribution < -0.4 is 5.32 Å². The molecule has 108 valence electrons. The molecule has 0 saturated carbocycles. The van der Waals surface area contributed by atoms with Gasteiger partial charge in [0.1, 0.15) is 0 Å². The third-order valence-corrected chi connectivity index (χ3v) is 3.55. The molecule has 1 aromatic heterocycles. The van der Waals surface area contributed by atoms with Crippen molar-refractivity contribution in [1.82, 2.24) is 15.3 Å². The molecule has 0 amide bonds. The van der Waals surface area contributed by atoms with Crippen molar-refractivity contribution in [2.75, 3.05) is 0 Å². The Balaban J connectivity index is 1.83. The summed E-state index contributed by atoms with van der Waals surface area (Å²) in [6, 6.07) is 8.53. The number of rotatable bonds is 7. The van der Waals surface area contributed by atoms with Gasteiger partial charge in [-0.25, -0.2) is 4.98 Å². The number of fused-ring (bicyclic) bond motifs is 1. The third-order valence-electron chi connectivity index (χ3n) is 3.55. The molecule has 0 bridgehead atoms. The van der Waals surface area contributed by atoms with Crippen molar-refractivity contribution in [1.29, 1.82) is 0 Å². The molecule has 0 fully saturated rings. The smallest absolute Gasteiger partial charge is 0.0890 e. The maximum atomic E-state index is 4.63. The van der Waals surface area contributed by atoms with Gasteiger partial charge in [-0.15, -0.1) is 0 Å². The van der Waals surface area contributed by atoms with Gasteiger partial charge in [-0.05, 0) is 31.4 Å². The zero-order valence-corrected chi connectivity index (χ0v) is 12.8. The number of aromatic nitrogens is 2. The molecule has 2 aromatic rings. The lowest BCUT2D eigenvalue weighted by Gasteiger charge is -2.14. The molecule has 1 unspecified atom stereocenters. The monoisotopic (exact) mass is 271 g/mol. The van der Waals surface area contributed by atoms with Crippen molar-refractivity contribution in [2.24, 2.45) is 5.92 Å². The second-order valence-electron chi connectivity index (χ2n) is 5.96. The fraction of sp³-hybridized carbons (Fsp3) is 0.529. The molecule has 3 heteroatoms. The molecule has 20 heavy (non-hydrogen) atoms. The van der Waals surface area contributed by atoms with E-state index in [0.29, 0.717) is 6.04 Å². The first-order valence-corrected chi connectivity index (χ1v) is 7.59. The van der Waals surface area contributed by atoms with Gasteiger partial charge in [0, 0.05) is 12.6 Å². The van der Waals surface area contributed by atoms with E-state index in [0.717, 1.165) is 29.2 Å². The van der Waals surface area contributed by atoms with Crippen LogP contribution in [0, 0.1) is 5.92 Å². The molecule has 0 radical (unpaired) electrons. The molecule has 1 heterocycles. The second-order valence-corrected chi connectivity index (χ2v) is 5.96. The van der Waals surface area contributed by atoms with E-state index in [1.165, 1.54) is 19.3 Å². The molecule has 1 atom stereocenters. The summed E-state index contributed by atoms with van der Waals surface area (Å²) in [5.74, 6) is 0.800. The van der Waals surface area contributed by atoms with E-state index < -0.39 is 0 Å². The molecule has 0 aliphatic heterocycles. The van der Waals surface area contributed by atoms with E-state index in [2.05, 4.69) is 36.1 Å².